The quantitative estimate of drug-likeness (QED) is 0.862. The molecule has 2 bridgehead atoms. The maximum Gasteiger partial charge on any atom is 0.335 e. The van der Waals surface area contributed by atoms with Crippen molar-refractivity contribution >= 4 is 5.97 Å². The summed E-state index contributed by atoms with van der Waals surface area (Å²) in [6, 6.07) is 6.52. The van der Waals surface area contributed by atoms with Crippen LogP contribution in [0.1, 0.15) is 53.6 Å². The normalized spacial score (nSPS) is 34.9. The van der Waals surface area contributed by atoms with Gasteiger partial charge in [-0.15, -0.1) is 0 Å². The largest absolute Gasteiger partial charge is 0.478 e. The molecule has 0 radical (unpaired) electrons. The van der Waals surface area contributed by atoms with Crippen LogP contribution in [0.4, 0.5) is 0 Å². The Morgan fingerprint density at radius 3 is 3.00 bits per heavy atom. The second kappa shape index (κ2) is 4.57. The van der Waals surface area contributed by atoms with Crippen LogP contribution in [0.3, 0.4) is 0 Å². The van der Waals surface area contributed by atoms with Gasteiger partial charge in [0, 0.05) is 11.5 Å². The SMILES string of the molecule is CN1CCC23CCCC[C@H]2[C@H]1Cc1ccc(C(=O)O)cc13. The fourth-order valence-corrected chi connectivity index (χ4v) is 5.33. The van der Waals surface area contributed by atoms with Crippen LogP contribution in [0, 0.1) is 5.92 Å². The van der Waals surface area contributed by atoms with Crippen molar-refractivity contribution in [1.29, 1.82) is 0 Å². The smallest absolute Gasteiger partial charge is 0.335 e. The molecule has 1 unspecified atom stereocenters. The highest BCUT2D eigenvalue weighted by Crippen LogP contribution is 2.55. The van der Waals surface area contributed by atoms with Gasteiger partial charge in [-0.25, -0.2) is 4.79 Å². The molecule has 2 fully saturated rings. The molecule has 1 aromatic carbocycles. The zero-order valence-corrected chi connectivity index (χ0v) is 12.6. The summed E-state index contributed by atoms with van der Waals surface area (Å²) in [5, 5.41) is 9.34. The molecule has 3 nitrogen and oxygen atoms in total. The van der Waals surface area contributed by atoms with Gasteiger partial charge in [-0.1, -0.05) is 18.9 Å². The van der Waals surface area contributed by atoms with Gasteiger partial charge < -0.3 is 10.0 Å². The van der Waals surface area contributed by atoms with E-state index in [0.29, 0.717) is 11.6 Å². The van der Waals surface area contributed by atoms with Gasteiger partial charge in [0.2, 0.25) is 0 Å². The minimum atomic E-state index is -0.795. The first-order valence-electron chi connectivity index (χ1n) is 8.19. The fourth-order valence-electron chi connectivity index (χ4n) is 5.33. The maximum atomic E-state index is 11.4. The van der Waals surface area contributed by atoms with Crippen molar-refractivity contribution in [2.24, 2.45) is 5.92 Å². The van der Waals surface area contributed by atoms with Gasteiger partial charge >= 0.3 is 5.97 Å². The Balaban J connectivity index is 1.89. The average molecular weight is 285 g/mol. The highest BCUT2D eigenvalue weighted by Gasteiger charge is 2.53. The highest BCUT2D eigenvalue weighted by molar-refractivity contribution is 5.88. The molecule has 1 heterocycles. The molecule has 1 aromatic rings. The molecule has 4 rings (SSSR count). The van der Waals surface area contributed by atoms with Gasteiger partial charge in [0.05, 0.1) is 5.56 Å². The van der Waals surface area contributed by atoms with Crippen LogP contribution in [0.5, 0.6) is 0 Å². The summed E-state index contributed by atoms with van der Waals surface area (Å²) in [4.78, 5) is 13.9. The molecule has 1 saturated carbocycles. The van der Waals surface area contributed by atoms with E-state index in [0.717, 1.165) is 18.9 Å². The van der Waals surface area contributed by atoms with E-state index in [2.05, 4.69) is 18.0 Å². The highest BCUT2D eigenvalue weighted by atomic mass is 16.4. The predicted molar refractivity (Wildman–Crippen MR) is 81.8 cm³/mol. The van der Waals surface area contributed by atoms with Crippen molar-refractivity contribution in [3.05, 3.63) is 34.9 Å². The molecule has 2 aliphatic carbocycles. The second-order valence-corrected chi connectivity index (χ2v) is 7.19. The van der Waals surface area contributed by atoms with Crippen molar-refractivity contribution in [3.8, 4) is 0 Å². The molecule has 3 atom stereocenters. The van der Waals surface area contributed by atoms with Crippen molar-refractivity contribution in [2.45, 2.75) is 50.0 Å². The second-order valence-electron chi connectivity index (χ2n) is 7.19. The minimum absolute atomic E-state index is 0.258. The standard InChI is InChI=1S/C18H23NO2/c1-19-9-8-18-7-3-2-4-14(18)16(19)11-12-5-6-13(17(20)21)10-15(12)18/h5-6,10,14,16H,2-4,7-9,11H2,1H3,(H,20,21)/t14-,16+,18?/m0/s1. The van der Waals surface area contributed by atoms with Crippen LogP contribution >= 0.6 is 0 Å². The van der Waals surface area contributed by atoms with E-state index < -0.39 is 5.97 Å². The van der Waals surface area contributed by atoms with Crippen molar-refractivity contribution < 1.29 is 9.90 Å². The van der Waals surface area contributed by atoms with Crippen LogP contribution in [0.15, 0.2) is 18.2 Å². The number of likely N-dealkylation sites (N-methyl/N-ethyl adjacent to an activating group) is 1. The molecule has 0 amide bonds. The summed E-state index contributed by atoms with van der Waals surface area (Å²) >= 11 is 0. The van der Waals surface area contributed by atoms with Gasteiger partial charge in [-0.05, 0) is 68.5 Å². The molecule has 21 heavy (non-hydrogen) atoms. The monoisotopic (exact) mass is 285 g/mol. The fraction of sp³-hybridized carbons (Fsp3) is 0.611. The number of benzene rings is 1. The van der Waals surface area contributed by atoms with E-state index in [1.54, 1.807) is 6.07 Å². The Kier molecular flexibility index (Phi) is 2.90. The number of piperidine rings is 1. The average Bonchev–Trinajstić information content (AvgIpc) is 2.50. The molecule has 112 valence electrons. The Bertz CT molecular complexity index is 597. The zero-order chi connectivity index (χ0) is 14.6. The number of likely N-dealkylation sites (tertiary alicyclic amines) is 1. The predicted octanol–water partition coefficient (Wildman–Crippen LogP) is 3.07. The molecule has 1 aliphatic heterocycles. The summed E-state index contributed by atoms with van der Waals surface area (Å²) in [5.41, 5.74) is 3.49. The van der Waals surface area contributed by atoms with Gasteiger partial charge in [0.15, 0.2) is 0 Å². The lowest BCUT2D eigenvalue weighted by Crippen LogP contribution is -2.59. The van der Waals surface area contributed by atoms with Crippen molar-refractivity contribution in [1.82, 2.24) is 4.90 Å². The van der Waals surface area contributed by atoms with E-state index in [9.17, 15) is 9.90 Å². The topological polar surface area (TPSA) is 40.5 Å². The molecule has 1 saturated heterocycles. The third-order valence-electron chi connectivity index (χ3n) is 6.36. The Hall–Kier alpha value is -1.35. The van der Waals surface area contributed by atoms with E-state index in [1.807, 2.05) is 6.07 Å². The number of aromatic carboxylic acids is 1. The summed E-state index contributed by atoms with van der Waals surface area (Å²) in [6.45, 7) is 1.15. The molecular weight excluding hydrogens is 262 g/mol. The summed E-state index contributed by atoms with van der Waals surface area (Å²) in [6.07, 6.45) is 7.48. The molecular formula is C18H23NO2. The first-order chi connectivity index (χ1) is 10.1. The van der Waals surface area contributed by atoms with Crippen molar-refractivity contribution in [2.75, 3.05) is 13.6 Å². The van der Waals surface area contributed by atoms with E-state index in [1.165, 1.54) is 43.2 Å². The molecule has 0 aromatic heterocycles. The van der Waals surface area contributed by atoms with Crippen LogP contribution in [-0.4, -0.2) is 35.6 Å². The zero-order valence-electron chi connectivity index (χ0n) is 12.6. The van der Waals surface area contributed by atoms with Gasteiger partial charge in [0.1, 0.15) is 0 Å². The lowest BCUT2D eigenvalue weighted by molar-refractivity contribution is 0.00279. The number of nitrogens with zero attached hydrogens (tertiary/aromatic N) is 1. The third kappa shape index (κ3) is 1.80. The van der Waals surface area contributed by atoms with Crippen LogP contribution in [0.2, 0.25) is 0 Å². The number of fused-ring (bicyclic) bond motifs is 1. The molecule has 1 N–H and O–H groups in total. The summed E-state index contributed by atoms with van der Waals surface area (Å²) < 4.78 is 0. The number of carbonyl (C=O) groups is 1. The maximum absolute atomic E-state index is 11.4. The Morgan fingerprint density at radius 2 is 2.19 bits per heavy atom. The lowest BCUT2D eigenvalue weighted by atomic mass is 9.52. The van der Waals surface area contributed by atoms with Crippen LogP contribution in [-0.2, 0) is 11.8 Å². The van der Waals surface area contributed by atoms with E-state index in [-0.39, 0.29) is 5.41 Å². The van der Waals surface area contributed by atoms with E-state index >= 15 is 0 Å². The summed E-state index contributed by atoms with van der Waals surface area (Å²) in [7, 11) is 2.26. The molecule has 3 heteroatoms. The number of hydrogen-bond donors (Lipinski definition) is 1. The van der Waals surface area contributed by atoms with Gasteiger partial charge in [-0.3, -0.25) is 0 Å². The first-order valence-corrected chi connectivity index (χ1v) is 8.19. The molecule has 3 aliphatic rings. The lowest BCUT2D eigenvalue weighted by Gasteiger charge is -2.58. The van der Waals surface area contributed by atoms with E-state index in [4.69, 9.17) is 0 Å². The van der Waals surface area contributed by atoms with Crippen molar-refractivity contribution in [3.63, 3.8) is 0 Å². The van der Waals surface area contributed by atoms with Crippen LogP contribution < -0.4 is 0 Å². The number of carboxylic acid groups (broad SMARTS) is 1. The Labute approximate surface area is 126 Å². The Morgan fingerprint density at radius 1 is 1.33 bits per heavy atom. The first kappa shape index (κ1) is 13.3. The van der Waals surface area contributed by atoms with Crippen LogP contribution in [0.25, 0.3) is 0 Å². The number of carboxylic acids is 1. The molecule has 0 spiro atoms. The minimum Gasteiger partial charge on any atom is -0.478 e. The number of hydrogen-bond acceptors (Lipinski definition) is 2. The summed E-state index contributed by atoms with van der Waals surface area (Å²) in [5.74, 6) is -0.0712. The van der Waals surface area contributed by atoms with Gasteiger partial charge in [0.25, 0.3) is 0 Å². The third-order valence-corrected chi connectivity index (χ3v) is 6.36. The number of rotatable bonds is 1. The van der Waals surface area contributed by atoms with Gasteiger partial charge in [-0.2, -0.15) is 0 Å².